The second-order valence-corrected chi connectivity index (χ2v) is 13.2. The summed E-state index contributed by atoms with van der Waals surface area (Å²) in [4.78, 5) is 28.7. The molecule has 1 aliphatic carbocycles. The zero-order valence-electron chi connectivity index (χ0n) is 23.2. The highest BCUT2D eigenvalue weighted by Crippen LogP contribution is 2.28. The van der Waals surface area contributed by atoms with Gasteiger partial charge in [-0.25, -0.2) is 8.42 Å². The van der Waals surface area contributed by atoms with Crippen LogP contribution in [0.2, 0.25) is 15.1 Å². The minimum Gasteiger partial charge on any atom is -0.497 e. The number of rotatable bonds is 11. The molecule has 0 unspecified atom stereocenters. The van der Waals surface area contributed by atoms with Gasteiger partial charge in [0.2, 0.25) is 11.8 Å². The van der Waals surface area contributed by atoms with Crippen molar-refractivity contribution in [2.75, 3.05) is 18.0 Å². The van der Waals surface area contributed by atoms with Crippen molar-refractivity contribution in [1.82, 2.24) is 10.2 Å². The lowest BCUT2D eigenvalue weighted by Crippen LogP contribution is -2.52. The van der Waals surface area contributed by atoms with Crippen molar-refractivity contribution in [3.63, 3.8) is 0 Å². The molecule has 0 spiro atoms. The molecular weight excluding hydrogens is 621 g/mol. The summed E-state index contributed by atoms with van der Waals surface area (Å²) in [7, 11) is -2.75. The van der Waals surface area contributed by atoms with Gasteiger partial charge in [-0.3, -0.25) is 13.9 Å². The van der Waals surface area contributed by atoms with E-state index in [2.05, 4.69) is 5.32 Å². The average Bonchev–Trinajstić information content (AvgIpc) is 3.48. The van der Waals surface area contributed by atoms with Crippen LogP contribution in [0.1, 0.15) is 38.2 Å². The molecule has 1 aliphatic rings. The van der Waals surface area contributed by atoms with Crippen LogP contribution in [-0.4, -0.2) is 50.9 Å². The van der Waals surface area contributed by atoms with Gasteiger partial charge in [-0.1, -0.05) is 53.7 Å². The van der Waals surface area contributed by atoms with Gasteiger partial charge in [0.05, 0.1) is 17.7 Å². The van der Waals surface area contributed by atoms with Gasteiger partial charge in [0.15, 0.2) is 0 Å². The molecule has 8 nitrogen and oxygen atoms in total. The second kappa shape index (κ2) is 14.0. The van der Waals surface area contributed by atoms with Crippen LogP contribution >= 0.6 is 34.8 Å². The van der Waals surface area contributed by atoms with Crippen LogP contribution < -0.4 is 14.4 Å². The Hall–Kier alpha value is -2.98. The van der Waals surface area contributed by atoms with Crippen LogP contribution in [0.5, 0.6) is 5.75 Å². The topological polar surface area (TPSA) is 96.0 Å². The molecule has 0 radical (unpaired) electrons. The molecule has 42 heavy (non-hydrogen) atoms. The summed E-state index contributed by atoms with van der Waals surface area (Å²) >= 11 is 18.6. The van der Waals surface area contributed by atoms with Gasteiger partial charge in [0.1, 0.15) is 18.3 Å². The number of benzene rings is 3. The lowest BCUT2D eigenvalue weighted by Gasteiger charge is -2.32. The Balaban J connectivity index is 1.70. The van der Waals surface area contributed by atoms with Crippen molar-refractivity contribution in [2.24, 2.45) is 0 Å². The molecule has 0 bridgehead atoms. The third kappa shape index (κ3) is 7.69. The predicted molar refractivity (Wildman–Crippen MR) is 166 cm³/mol. The van der Waals surface area contributed by atoms with E-state index in [0.717, 1.165) is 30.0 Å². The average molecular weight is 653 g/mol. The van der Waals surface area contributed by atoms with Crippen molar-refractivity contribution in [2.45, 2.75) is 56.1 Å². The Morgan fingerprint density at radius 3 is 2.17 bits per heavy atom. The molecule has 0 aliphatic heterocycles. The number of hydrogen-bond donors (Lipinski definition) is 1. The third-order valence-corrected chi connectivity index (χ3v) is 9.89. The highest BCUT2D eigenvalue weighted by atomic mass is 35.5. The smallest absolute Gasteiger partial charge is 0.264 e. The van der Waals surface area contributed by atoms with E-state index >= 15 is 0 Å². The van der Waals surface area contributed by atoms with Crippen molar-refractivity contribution < 1.29 is 22.7 Å². The van der Waals surface area contributed by atoms with E-state index in [0.29, 0.717) is 26.4 Å². The number of methoxy groups -OCH3 is 1. The van der Waals surface area contributed by atoms with Crippen molar-refractivity contribution in [3.8, 4) is 5.75 Å². The molecule has 4 rings (SSSR count). The van der Waals surface area contributed by atoms with Gasteiger partial charge in [-0.2, -0.15) is 0 Å². The van der Waals surface area contributed by atoms with E-state index in [1.54, 1.807) is 37.3 Å². The minimum atomic E-state index is -4.23. The van der Waals surface area contributed by atoms with Gasteiger partial charge in [-0.15, -0.1) is 0 Å². The molecule has 3 aromatic rings. The second-order valence-electron chi connectivity index (χ2n) is 10.1. The Morgan fingerprint density at radius 1 is 0.952 bits per heavy atom. The van der Waals surface area contributed by atoms with E-state index in [1.807, 2.05) is 0 Å². The largest absolute Gasteiger partial charge is 0.497 e. The first-order valence-corrected chi connectivity index (χ1v) is 16.0. The van der Waals surface area contributed by atoms with Gasteiger partial charge >= 0.3 is 0 Å². The lowest BCUT2D eigenvalue weighted by molar-refractivity contribution is -0.139. The summed E-state index contributed by atoms with van der Waals surface area (Å²) < 4.78 is 34.0. The van der Waals surface area contributed by atoms with Gasteiger partial charge in [0.25, 0.3) is 10.0 Å². The monoisotopic (exact) mass is 651 g/mol. The fourth-order valence-electron chi connectivity index (χ4n) is 4.82. The number of nitrogens with one attached hydrogen (secondary N) is 1. The molecule has 12 heteroatoms. The first kappa shape index (κ1) is 31.9. The van der Waals surface area contributed by atoms with E-state index in [-0.39, 0.29) is 29.1 Å². The number of carbonyl (C=O) groups is 2. The standard InChI is InChI=1S/C30H32Cl3N3O5S/c1-20(30(38)34-24-5-3-4-6-24)35(18-21-7-8-23(32)17-28(21)33)29(37)19-36(25-11-9-22(31)10-12-25)42(39,40)27-15-13-26(41-2)14-16-27/h7-17,20,24H,3-6,18-19H2,1-2H3,(H,34,38)/t20-/m0/s1. The van der Waals surface area contributed by atoms with E-state index in [9.17, 15) is 18.0 Å². The molecule has 1 saturated carbocycles. The van der Waals surface area contributed by atoms with Crippen LogP contribution in [0, 0.1) is 0 Å². The maximum atomic E-state index is 14.1. The first-order valence-electron chi connectivity index (χ1n) is 13.5. The molecule has 0 heterocycles. The highest BCUT2D eigenvalue weighted by molar-refractivity contribution is 7.92. The van der Waals surface area contributed by atoms with Crippen LogP contribution in [-0.2, 0) is 26.2 Å². The summed E-state index contributed by atoms with van der Waals surface area (Å²) in [5.41, 5.74) is 0.794. The summed E-state index contributed by atoms with van der Waals surface area (Å²) in [5, 5.41) is 4.19. The number of nitrogens with zero attached hydrogens (tertiary/aromatic N) is 2. The molecule has 3 aromatic carbocycles. The molecule has 1 fully saturated rings. The predicted octanol–water partition coefficient (Wildman–Crippen LogP) is 6.33. The van der Waals surface area contributed by atoms with Crippen LogP contribution in [0.3, 0.4) is 0 Å². The zero-order chi connectivity index (χ0) is 30.4. The number of carbonyl (C=O) groups excluding carboxylic acids is 2. The fourth-order valence-corrected chi connectivity index (χ4v) is 6.83. The van der Waals surface area contributed by atoms with E-state index in [4.69, 9.17) is 39.5 Å². The maximum Gasteiger partial charge on any atom is 0.264 e. The van der Waals surface area contributed by atoms with Gasteiger partial charge < -0.3 is 15.0 Å². The minimum absolute atomic E-state index is 0.0366. The van der Waals surface area contributed by atoms with Crippen LogP contribution in [0.4, 0.5) is 5.69 Å². The number of halogens is 3. The summed E-state index contributed by atoms with van der Waals surface area (Å²) in [6.07, 6.45) is 3.81. The lowest BCUT2D eigenvalue weighted by atomic mass is 10.1. The highest BCUT2D eigenvalue weighted by Gasteiger charge is 2.33. The summed E-state index contributed by atoms with van der Waals surface area (Å²) in [6, 6.07) is 16.0. The normalized spacial score (nSPS) is 14.3. The number of amides is 2. The van der Waals surface area contributed by atoms with Crippen LogP contribution in [0.15, 0.2) is 71.6 Å². The first-order chi connectivity index (χ1) is 20.0. The number of ether oxygens (including phenoxy) is 1. The molecule has 1 atom stereocenters. The Labute approximate surface area is 261 Å². The Morgan fingerprint density at radius 2 is 1.57 bits per heavy atom. The number of hydrogen-bond acceptors (Lipinski definition) is 5. The van der Waals surface area contributed by atoms with Gasteiger partial charge in [-0.05, 0) is 86.0 Å². The third-order valence-electron chi connectivity index (χ3n) is 7.27. The molecule has 1 N–H and O–H groups in total. The van der Waals surface area contributed by atoms with Crippen molar-refractivity contribution in [1.29, 1.82) is 0 Å². The quantitative estimate of drug-likeness (QED) is 0.261. The fraction of sp³-hybridized carbons (Fsp3) is 0.333. The molecule has 0 saturated heterocycles. The maximum absolute atomic E-state index is 14.1. The van der Waals surface area contributed by atoms with Gasteiger partial charge in [0, 0.05) is 27.7 Å². The SMILES string of the molecule is COc1ccc(S(=O)(=O)N(CC(=O)N(Cc2ccc(Cl)cc2Cl)[C@@H](C)C(=O)NC2CCCC2)c2ccc(Cl)cc2)cc1. The number of anilines is 1. The number of sulfonamides is 1. The zero-order valence-corrected chi connectivity index (χ0v) is 26.3. The van der Waals surface area contributed by atoms with E-state index in [1.165, 1.54) is 48.4 Å². The van der Waals surface area contributed by atoms with Crippen molar-refractivity contribution >= 4 is 62.3 Å². The summed E-state index contributed by atoms with van der Waals surface area (Å²) in [6.45, 7) is 1.00. The Bertz CT molecular complexity index is 1510. The molecular formula is C30H32Cl3N3O5S. The Kier molecular flexibility index (Phi) is 10.6. The molecule has 2 amide bonds. The van der Waals surface area contributed by atoms with E-state index < -0.39 is 28.5 Å². The summed E-state index contributed by atoms with van der Waals surface area (Å²) in [5.74, 6) is -0.435. The van der Waals surface area contributed by atoms with Crippen LogP contribution in [0.25, 0.3) is 0 Å². The van der Waals surface area contributed by atoms with Crippen molar-refractivity contribution in [3.05, 3.63) is 87.4 Å². The molecule has 224 valence electrons. The molecule has 0 aromatic heterocycles.